The van der Waals surface area contributed by atoms with Gasteiger partial charge in [-0.25, -0.2) is 0 Å². The van der Waals surface area contributed by atoms with Crippen LogP contribution in [0.5, 0.6) is 0 Å². The number of imide groups is 1. The number of carbonyl (C=O) groups excluding carboxylic acids is 2. The summed E-state index contributed by atoms with van der Waals surface area (Å²) < 4.78 is 0. The Balaban J connectivity index is 0. The highest BCUT2D eigenvalue weighted by molar-refractivity contribution is 6.02. The maximum absolute atomic E-state index is 10.8. The molecule has 0 aromatic carbocycles. The van der Waals surface area contributed by atoms with Crippen molar-refractivity contribution in [1.29, 1.82) is 0 Å². The number of rotatable bonds is 0. The summed E-state index contributed by atoms with van der Waals surface area (Å²) in [5, 5.41) is 0. The first-order valence-corrected chi connectivity index (χ1v) is 2.93. The van der Waals surface area contributed by atoms with Crippen molar-refractivity contribution in [3.63, 3.8) is 0 Å². The van der Waals surface area contributed by atoms with Gasteiger partial charge in [-0.2, -0.15) is 0 Å². The molecule has 1 rings (SSSR count). The number of amides is 2. The smallest absolute Gasteiger partial charge is 0.232 e. The molecule has 1 saturated heterocycles. The fourth-order valence-corrected chi connectivity index (χ4v) is 0.940. The normalized spacial score (nSPS) is 22.7. The fraction of sp³-hybridized carbons (Fsp3) is 0.750. The van der Waals surface area contributed by atoms with Gasteiger partial charge in [0.2, 0.25) is 11.8 Å². The summed E-state index contributed by atoms with van der Waals surface area (Å²) in [6.07, 6.45) is 0.384. The number of nitrogens with zero attached hydrogens (tertiary/aromatic N) is 1. The van der Waals surface area contributed by atoms with E-state index in [2.05, 4.69) is 0 Å². The van der Waals surface area contributed by atoms with Gasteiger partial charge in [0.15, 0.2) is 0 Å². The van der Waals surface area contributed by atoms with E-state index in [9.17, 15) is 9.59 Å². The minimum Gasteiger partial charge on any atom is -0.286 e. The highest BCUT2D eigenvalue weighted by atomic mass is 16.2. The standard InChI is InChI=1S/C6H9NO2.2CH4/c1-4-3-5(8)7(2)6(4)9;;/h4H,3H2,1-2H3;2*1H4. The van der Waals surface area contributed by atoms with Crippen LogP contribution in [-0.2, 0) is 9.59 Å². The van der Waals surface area contributed by atoms with Crippen molar-refractivity contribution in [3.8, 4) is 0 Å². The SMILES string of the molecule is C.C.CC1CC(=O)N(C)C1=O. The van der Waals surface area contributed by atoms with E-state index in [4.69, 9.17) is 0 Å². The van der Waals surface area contributed by atoms with Crippen molar-refractivity contribution >= 4 is 11.8 Å². The van der Waals surface area contributed by atoms with Crippen molar-refractivity contribution in [2.24, 2.45) is 5.92 Å². The van der Waals surface area contributed by atoms with E-state index in [0.717, 1.165) is 0 Å². The molecule has 1 aliphatic heterocycles. The van der Waals surface area contributed by atoms with Gasteiger partial charge in [0.25, 0.3) is 0 Å². The van der Waals surface area contributed by atoms with E-state index in [-0.39, 0.29) is 32.6 Å². The van der Waals surface area contributed by atoms with Crippen LogP contribution in [0.4, 0.5) is 0 Å². The van der Waals surface area contributed by atoms with Crippen molar-refractivity contribution < 1.29 is 9.59 Å². The summed E-state index contributed by atoms with van der Waals surface area (Å²) >= 11 is 0. The van der Waals surface area contributed by atoms with Crippen LogP contribution in [0.2, 0.25) is 0 Å². The second-order valence-electron chi connectivity index (χ2n) is 2.40. The van der Waals surface area contributed by atoms with Gasteiger partial charge >= 0.3 is 0 Å². The Bertz CT molecular complexity index is 165. The quantitative estimate of drug-likeness (QED) is 0.499. The summed E-state index contributed by atoms with van der Waals surface area (Å²) in [4.78, 5) is 22.7. The first kappa shape index (κ1) is 12.8. The summed E-state index contributed by atoms with van der Waals surface area (Å²) in [5.74, 6) is -0.213. The lowest BCUT2D eigenvalue weighted by Gasteiger charge is -2.03. The zero-order valence-electron chi connectivity index (χ0n) is 5.55. The highest BCUT2D eigenvalue weighted by Crippen LogP contribution is 2.15. The van der Waals surface area contributed by atoms with E-state index < -0.39 is 0 Å². The molecule has 3 heteroatoms. The van der Waals surface area contributed by atoms with Crippen molar-refractivity contribution in [2.75, 3.05) is 7.05 Å². The van der Waals surface area contributed by atoms with Gasteiger partial charge in [0.1, 0.15) is 0 Å². The molecule has 1 heterocycles. The summed E-state index contributed by atoms with van der Waals surface area (Å²) in [7, 11) is 1.52. The summed E-state index contributed by atoms with van der Waals surface area (Å²) in [5.41, 5.74) is 0. The molecule has 0 saturated carbocycles. The Morgan fingerprint density at radius 3 is 1.91 bits per heavy atom. The summed E-state index contributed by atoms with van der Waals surface area (Å²) in [6, 6.07) is 0. The topological polar surface area (TPSA) is 37.4 Å². The van der Waals surface area contributed by atoms with Gasteiger partial charge in [-0.15, -0.1) is 0 Å². The molecule has 0 aliphatic carbocycles. The second kappa shape index (κ2) is 4.11. The average molecular weight is 159 g/mol. The highest BCUT2D eigenvalue weighted by Gasteiger charge is 2.32. The lowest BCUT2D eigenvalue weighted by Crippen LogP contribution is -2.24. The molecule has 2 amide bonds. The van der Waals surface area contributed by atoms with Crippen molar-refractivity contribution in [3.05, 3.63) is 0 Å². The number of hydrogen-bond acceptors (Lipinski definition) is 2. The molecule has 0 radical (unpaired) electrons. The van der Waals surface area contributed by atoms with Crippen LogP contribution >= 0.6 is 0 Å². The van der Waals surface area contributed by atoms with E-state index in [1.54, 1.807) is 6.92 Å². The zero-order valence-corrected chi connectivity index (χ0v) is 5.55. The molecular weight excluding hydrogens is 142 g/mol. The molecule has 0 spiro atoms. The van der Waals surface area contributed by atoms with Gasteiger partial charge < -0.3 is 0 Å². The molecule has 1 unspecified atom stereocenters. The Labute approximate surface area is 68.4 Å². The molecule has 0 bridgehead atoms. The summed E-state index contributed by atoms with van der Waals surface area (Å²) in [6.45, 7) is 1.77. The van der Waals surface area contributed by atoms with Crippen LogP contribution in [0.3, 0.4) is 0 Å². The molecule has 0 N–H and O–H groups in total. The van der Waals surface area contributed by atoms with Gasteiger partial charge in [-0.1, -0.05) is 21.8 Å². The Kier molecular flexibility index (Phi) is 4.78. The van der Waals surface area contributed by atoms with Gasteiger partial charge in [-0.3, -0.25) is 14.5 Å². The molecule has 1 atom stereocenters. The largest absolute Gasteiger partial charge is 0.286 e. The molecule has 66 valence electrons. The minimum absolute atomic E-state index is 0. The first-order chi connectivity index (χ1) is 4.13. The zero-order chi connectivity index (χ0) is 7.02. The molecule has 1 fully saturated rings. The lowest BCUT2D eigenvalue weighted by atomic mass is 10.1. The van der Waals surface area contributed by atoms with Crippen LogP contribution in [-0.4, -0.2) is 23.8 Å². The Morgan fingerprint density at radius 1 is 1.36 bits per heavy atom. The predicted molar refractivity (Wildman–Crippen MR) is 45.0 cm³/mol. The van der Waals surface area contributed by atoms with Crippen molar-refractivity contribution in [1.82, 2.24) is 4.90 Å². The predicted octanol–water partition coefficient (Wildman–Crippen LogP) is 1.28. The number of likely N-dealkylation sites (tertiary alicyclic amines) is 1. The van der Waals surface area contributed by atoms with Crippen LogP contribution in [0.15, 0.2) is 0 Å². The van der Waals surface area contributed by atoms with Crippen molar-refractivity contribution in [2.45, 2.75) is 28.2 Å². The van der Waals surface area contributed by atoms with E-state index in [1.165, 1.54) is 11.9 Å². The van der Waals surface area contributed by atoms with E-state index >= 15 is 0 Å². The number of carbonyl (C=O) groups is 2. The molecule has 3 nitrogen and oxygen atoms in total. The van der Waals surface area contributed by atoms with E-state index in [0.29, 0.717) is 6.42 Å². The molecule has 11 heavy (non-hydrogen) atoms. The van der Waals surface area contributed by atoms with Crippen LogP contribution in [0.1, 0.15) is 28.2 Å². The van der Waals surface area contributed by atoms with Crippen LogP contribution < -0.4 is 0 Å². The second-order valence-corrected chi connectivity index (χ2v) is 2.40. The molecular formula is C8H17NO2. The molecule has 0 aromatic rings. The van der Waals surface area contributed by atoms with Crippen LogP contribution in [0.25, 0.3) is 0 Å². The third kappa shape index (κ3) is 2.03. The minimum atomic E-state index is -0.0949. The average Bonchev–Trinajstić information content (AvgIpc) is 1.98. The van der Waals surface area contributed by atoms with E-state index in [1.807, 2.05) is 0 Å². The van der Waals surface area contributed by atoms with Crippen LogP contribution in [0, 0.1) is 5.92 Å². The third-order valence-corrected chi connectivity index (χ3v) is 1.61. The fourth-order valence-electron chi connectivity index (χ4n) is 0.940. The lowest BCUT2D eigenvalue weighted by molar-refractivity contribution is -0.137. The van der Waals surface area contributed by atoms with Gasteiger partial charge in [-0.05, 0) is 0 Å². The first-order valence-electron chi connectivity index (χ1n) is 2.93. The third-order valence-electron chi connectivity index (χ3n) is 1.61. The van der Waals surface area contributed by atoms with Gasteiger partial charge in [0.05, 0.1) is 0 Å². The molecule has 1 aliphatic rings. The Hall–Kier alpha value is -0.860. The maximum Gasteiger partial charge on any atom is 0.232 e. The Morgan fingerprint density at radius 2 is 1.82 bits per heavy atom. The number of hydrogen-bond donors (Lipinski definition) is 0. The maximum atomic E-state index is 10.8. The van der Waals surface area contributed by atoms with Gasteiger partial charge in [0, 0.05) is 19.4 Å². The monoisotopic (exact) mass is 159 g/mol. The molecule has 0 aromatic heterocycles.